The zero-order valence-corrected chi connectivity index (χ0v) is 18.9. The number of aryl methyl sites for hydroxylation is 1. The summed E-state index contributed by atoms with van der Waals surface area (Å²) in [6.07, 6.45) is 2.15. The number of rotatable bonds is 5. The molecule has 1 saturated heterocycles. The second-order valence-electron chi connectivity index (χ2n) is 8.07. The van der Waals surface area contributed by atoms with E-state index in [4.69, 9.17) is 15.2 Å². The van der Waals surface area contributed by atoms with Crippen molar-refractivity contribution in [2.45, 2.75) is 18.2 Å². The summed E-state index contributed by atoms with van der Waals surface area (Å²) < 4.78 is 39.1. The van der Waals surface area contributed by atoms with Crippen LogP contribution in [0.4, 0.5) is 11.4 Å². The molecule has 2 aliphatic heterocycles. The Balaban J connectivity index is 1.69. The summed E-state index contributed by atoms with van der Waals surface area (Å²) in [5.41, 5.74) is 9.31. The van der Waals surface area contributed by atoms with Gasteiger partial charge in [0.1, 0.15) is 5.75 Å². The predicted octanol–water partition coefficient (Wildman–Crippen LogP) is 2.34. The van der Waals surface area contributed by atoms with Crippen molar-refractivity contribution < 1.29 is 22.7 Å². The number of hydrogen-bond donors (Lipinski definition) is 2. The van der Waals surface area contributed by atoms with Gasteiger partial charge in [-0.05, 0) is 36.8 Å². The number of amides is 1. The van der Waals surface area contributed by atoms with Gasteiger partial charge in [-0.2, -0.15) is 4.31 Å². The third-order valence-corrected chi connectivity index (χ3v) is 7.89. The highest BCUT2D eigenvalue weighted by Crippen LogP contribution is 2.37. The third kappa shape index (κ3) is 3.79. The van der Waals surface area contributed by atoms with Gasteiger partial charge in [-0.25, -0.2) is 8.42 Å². The number of sulfonamides is 1. The SMILES string of the molecule is Cc1cc(S(=O)(=O)N2CCOCC2)cc2c(Nc3cccc4c3CCO4)c(C(N)=O)cnc12. The van der Waals surface area contributed by atoms with Crippen LogP contribution < -0.4 is 15.8 Å². The van der Waals surface area contributed by atoms with E-state index in [9.17, 15) is 13.2 Å². The minimum atomic E-state index is -3.75. The lowest BCUT2D eigenvalue weighted by atomic mass is 10.0. The summed E-state index contributed by atoms with van der Waals surface area (Å²) in [5.74, 6) is 0.126. The van der Waals surface area contributed by atoms with Crippen molar-refractivity contribution in [2.24, 2.45) is 5.73 Å². The molecule has 1 aromatic heterocycles. The molecule has 0 spiro atoms. The summed E-state index contributed by atoms with van der Waals surface area (Å²) >= 11 is 0. The molecule has 9 nitrogen and oxygen atoms in total. The smallest absolute Gasteiger partial charge is 0.252 e. The van der Waals surface area contributed by atoms with Gasteiger partial charge in [0.2, 0.25) is 10.0 Å². The molecule has 1 fully saturated rings. The molecule has 0 atom stereocenters. The van der Waals surface area contributed by atoms with E-state index in [-0.39, 0.29) is 10.5 Å². The van der Waals surface area contributed by atoms with Crippen LogP contribution in [0.3, 0.4) is 0 Å². The van der Waals surface area contributed by atoms with Crippen LogP contribution in [0.2, 0.25) is 0 Å². The number of nitrogens with one attached hydrogen (secondary N) is 1. The highest BCUT2D eigenvalue weighted by Gasteiger charge is 2.28. The predicted molar refractivity (Wildman–Crippen MR) is 123 cm³/mol. The van der Waals surface area contributed by atoms with Crippen molar-refractivity contribution in [1.82, 2.24) is 9.29 Å². The maximum absolute atomic E-state index is 13.3. The number of nitrogens with two attached hydrogens (primary N) is 1. The molecule has 172 valence electrons. The first-order valence-corrected chi connectivity index (χ1v) is 12.1. The first-order chi connectivity index (χ1) is 15.9. The fraction of sp³-hybridized carbons (Fsp3) is 0.304. The summed E-state index contributed by atoms with van der Waals surface area (Å²) in [6.45, 7) is 3.67. The van der Waals surface area contributed by atoms with Gasteiger partial charge < -0.3 is 20.5 Å². The van der Waals surface area contributed by atoms with Crippen LogP contribution in [0.15, 0.2) is 41.4 Å². The van der Waals surface area contributed by atoms with Gasteiger partial charge in [-0.15, -0.1) is 0 Å². The lowest BCUT2D eigenvalue weighted by Gasteiger charge is -2.26. The van der Waals surface area contributed by atoms with Gasteiger partial charge in [-0.3, -0.25) is 9.78 Å². The quantitative estimate of drug-likeness (QED) is 0.589. The molecule has 3 N–H and O–H groups in total. The molecule has 2 aromatic carbocycles. The fourth-order valence-corrected chi connectivity index (χ4v) is 5.85. The van der Waals surface area contributed by atoms with Gasteiger partial charge in [0.05, 0.1) is 41.5 Å². The van der Waals surface area contributed by atoms with Gasteiger partial charge in [0.15, 0.2) is 0 Å². The van der Waals surface area contributed by atoms with Crippen LogP contribution in [0.1, 0.15) is 21.5 Å². The Morgan fingerprint density at radius 1 is 1.18 bits per heavy atom. The van der Waals surface area contributed by atoms with Crippen LogP contribution in [-0.2, 0) is 21.2 Å². The van der Waals surface area contributed by atoms with E-state index in [0.29, 0.717) is 55.1 Å². The molecule has 3 aromatic rings. The first-order valence-electron chi connectivity index (χ1n) is 10.7. The van der Waals surface area contributed by atoms with Crippen molar-refractivity contribution in [3.05, 3.63) is 53.2 Å². The zero-order chi connectivity index (χ0) is 23.2. The van der Waals surface area contributed by atoms with E-state index in [2.05, 4.69) is 10.3 Å². The second-order valence-corrected chi connectivity index (χ2v) is 10.0. The van der Waals surface area contributed by atoms with E-state index in [0.717, 1.165) is 23.4 Å². The van der Waals surface area contributed by atoms with Crippen molar-refractivity contribution in [2.75, 3.05) is 38.2 Å². The molecule has 0 radical (unpaired) electrons. The molecule has 5 rings (SSSR count). The minimum Gasteiger partial charge on any atom is -0.493 e. The van der Waals surface area contributed by atoms with Crippen molar-refractivity contribution in [3.8, 4) is 5.75 Å². The molecular weight excluding hydrogens is 444 g/mol. The van der Waals surface area contributed by atoms with Crippen LogP contribution in [0.5, 0.6) is 5.75 Å². The van der Waals surface area contributed by atoms with Crippen LogP contribution in [0.25, 0.3) is 10.9 Å². The highest BCUT2D eigenvalue weighted by atomic mass is 32.2. The van der Waals surface area contributed by atoms with Crippen LogP contribution >= 0.6 is 0 Å². The van der Waals surface area contributed by atoms with E-state index >= 15 is 0 Å². The maximum Gasteiger partial charge on any atom is 0.252 e. The Labute approximate surface area is 191 Å². The van der Waals surface area contributed by atoms with E-state index in [1.807, 2.05) is 18.2 Å². The normalized spacial score (nSPS) is 16.4. The first kappa shape index (κ1) is 21.6. The van der Waals surface area contributed by atoms with Crippen molar-refractivity contribution >= 4 is 38.2 Å². The van der Waals surface area contributed by atoms with Crippen molar-refractivity contribution in [3.63, 3.8) is 0 Å². The zero-order valence-electron chi connectivity index (χ0n) is 18.1. The Hall–Kier alpha value is -3.21. The number of anilines is 2. The Morgan fingerprint density at radius 3 is 2.73 bits per heavy atom. The number of hydrogen-bond acceptors (Lipinski definition) is 7. The molecule has 0 saturated carbocycles. The molecule has 33 heavy (non-hydrogen) atoms. The average Bonchev–Trinajstić information content (AvgIpc) is 3.29. The largest absolute Gasteiger partial charge is 0.493 e. The van der Waals surface area contributed by atoms with Gasteiger partial charge in [0, 0.05) is 42.3 Å². The number of ether oxygens (including phenoxy) is 2. The molecular formula is C23H24N4O5S. The van der Waals surface area contributed by atoms with E-state index < -0.39 is 15.9 Å². The van der Waals surface area contributed by atoms with Crippen LogP contribution in [0, 0.1) is 6.92 Å². The van der Waals surface area contributed by atoms with Gasteiger partial charge in [-0.1, -0.05) is 6.07 Å². The van der Waals surface area contributed by atoms with Crippen LogP contribution in [-0.4, -0.2) is 56.5 Å². The molecule has 2 aliphatic rings. The summed E-state index contributed by atoms with van der Waals surface area (Å²) in [4.78, 5) is 16.8. The number of primary amides is 1. The third-order valence-electron chi connectivity index (χ3n) is 6.01. The average molecular weight is 469 g/mol. The molecule has 3 heterocycles. The molecule has 1 amide bonds. The molecule has 0 bridgehead atoms. The number of fused-ring (bicyclic) bond motifs is 2. The molecule has 0 aliphatic carbocycles. The number of carbonyl (C=O) groups excluding carboxylic acids is 1. The Kier molecular flexibility index (Phi) is 5.43. The monoisotopic (exact) mass is 468 g/mol. The van der Waals surface area contributed by atoms with Gasteiger partial charge in [0.25, 0.3) is 5.91 Å². The fourth-order valence-electron chi connectivity index (χ4n) is 4.33. The number of pyridine rings is 1. The number of carbonyl (C=O) groups is 1. The number of aromatic nitrogens is 1. The standard InChI is InChI=1S/C23H24N4O5S/c1-14-11-15(33(29,30)27-6-9-31-10-7-27)12-17-21(14)25-13-18(23(24)28)22(17)26-19-3-2-4-20-16(19)5-8-32-20/h2-4,11-13H,5-10H2,1H3,(H2,24,28)(H,25,26). The van der Waals surface area contributed by atoms with E-state index in [1.165, 1.54) is 10.5 Å². The van der Waals surface area contributed by atoms with Crippen molar-refractivity contribution in [1.29, 1.82) is 0 Å². The highest BCUT2D eigenvalue weighted by molar-refractivity contribution is 7.89. The maximum atomic E-state index is 13.3. The Morgan fingerprint density at radius 2 is 1.97 bits per heavy atom. The topological polar surface area (TPSA) is 124 Å². The summed E-state index contributed by atoms with van der Waals surface area (Å²) in [5, 5.41) is 3.84. The summed E-state index contributed by atoms with van der Waals surface area (Å²) in [7, 11) is -3.75. The minimum absolute atomic E-state index is 0.141. The molecule has 0 unspecified atom stereocenters. The van der Waals surface area contributed by atoms with E-state index in [1.54, 1.807) is 19.1 Å². The second kappa shape index (κ2) is 8.29. The lowest BCUT2D eigenvalue weighted by Crippen LogP contribution is -2.40. The molecule has 10 heteroatoms. The number of nitrogens with zero attached hydrogens (tertiary/aromatic N) is 2. The van der Waals surface area contributed by atoms with Gasteiger partial charge >= 0.3 is 0 Å². The number of morpholine rings is 1. The Bertz CT molecular complexity index is 1370. The number of benzene rings is 2. The summed E-state index contributed by atoms with van der Waals surface area (Å²) in [6, 6.07) is 8.83. The lowest BCUT2D eigenvalue weighted by molar-refractivity contribution is 0.0730.